The zero-order chi connectivity index (χ0) is 12.8. The molecule has 0 radical (unpaired) electrons. The molecule has 17 heavy (non-hydrogen) atoms. The first-order valence-corrected chi connectivity index (χ1v) is 6.14. The van der Waals surface area contributed by atoms with E-state index in [1.165, 1.54) is 0 Å². The van der Waals surface area contributed by atoms with E-state index < -0.39 is 0 Å². The summed E-state index contributed by atoms with van der Waals surface area (Å²) in [7, 11) is 0. The van der Waals surface area contributed by atoms with Crippen LogP contribution in [0.5, 0.6) is 0 Å². The minimum absolute atomic E-state index is 0.0468. The lowest BCUT2D eigenvalue weighted by Crippen LogP contribution is -2.52. The van der Waals surface area contributed by atoms with Gasteiger partial charge in [-0.2, -0.15) is 0 Å². The summed E-state index contributed by atoms with van der Waals surface area (Å²) in [5.41, 5.74) is 7.49. The Labute approximate surface area is 102 Å². The molecule has 0 aliphatic carbocycles. The van der Waals surface area contributed by atoms with E-state index in [0.29, 0.717) is 0 Å². The Morgan fingerprint density at radius 3 is 2.41 bits per heavy atom. The summed E-state index contributed by atoms with van der Waals surface area (Å²) < 4.78 is 0. The number of piperidine rings is 1. The predicted octanol–water partition coefficient (Wildman–Crippen LogP) is -0.658. The molecular weight excluding hydrogens is 220 g/mol. The maximum atomic E-state index is 11.6. The molecule has 1 aliphatic rings. The summed E-state index contributed by atoms with van der Waals surface area (Å²) >= 11 is 0. The third-order valence-electron chi connectivity index (χ3n) is 3.38. The fourth-order valence-corrected chi connectivity index (χ4v) is 2.34. The fraction of sp³-hybridized carbons (Fsp3) is 0.818. The number of primary amides is 1. The molecule has 6 nitrogen and oxygen atoms in total. The Balaban J connectivity index is 2.54. The molecule has 0 saturated carbocycles. The second kappa shape index (κ2) is 6.56. The lowest BCUT2D eigenvalue weighted by atomic mass is 9.94. The molecule has 1 rings (SSSR count). The second-order valence-electron chi connectivity index (χ2n) is 4.53. The van der Waals surface area contributed by atoms with Crippen LogP contribution in [0.4, 0.5) is 0 Å². The lowest BCUT2D eigenvalue weighted by molar-refractivity contribution is -0.128. The number of nitrogens with zero attached hydrogens (tertiary/aromatic N) is 1. The van der Waals surface area contributed by atoms with Gasteiger partial charge in [0.05, 0.1) is 6.04 Å². The number of amides is 2. The van der Waals surface area contributed by atoms with Crippen molar-refractivity contribution in [1.29, 1.82) is 0 Å². The Morgan fingerprint density at radius 2 is 2.00 bits per heavy atom. The van der Waals surface area contributed by atoms with Gasteiger partial charge in [0, 0.05) is 5.92 Å². The van der Waals surface area contributed by atoms with Gasteiger partial charge >= 0.3 is 0 Å². The standard InChI is InChI=1S/C11H22N4O2/c1-2-3-9(11(17)14-13)15-6-4-8(5-7-15)10(12)16/h8-9H,2-7,13H2,1H3,(H2,12,16)(H,14,17). The number of hydrogen-bond acceptors (Lipinski definition) is 4. The van der Waals surface area contributed by atoms with Crippen molar-refractivity contribution in [2.75, 3.05) is 13.1 Å². The van der Waals surface area contributed by atoms with Crippen molar-refractivity contribution in [3.63, 3.8) is 0 Å². The maximum absolute atomic E-state index is 11.6. The van der Waals surface area contributed by atoms with Crippen LogP contribution in [0.3, 0.4) is 0 Å². The number of carbonyl (C=O) groups excluding carboxylic acids is 2. The molecule has 0 aromatic rings. The highest BCUT2D eigenvalue weighted by Crippen LogP contribution is 2.20. The molecule has 1 heterocycles. The van der Waals surface area contributed by atoms with Gasteiger partial charge in [-0.3, -0.25) is 19.9 Å². The Bertz CT molecular complexity index is 275. The largest absolute Gasteiger partial charge is 0.369 e. The predicted molar refractivity (Wildman–Crippen MR) is 64.5 cm³/mol. The van der Waals surface area contributed by atoms with E-state index in [1.54, 1.807) is 0 Å². The molecule has 1 saturated heterocycles. The Morgan fingerprint density at radius 1 is 1.41 bits per heavy atom. The number of rotatable bonds is 5. The average Bonchev–Trinajstić information content (AvgIpc) is 2.35. The zero-order valence-electron chi connectivity index (χ0n) is 10.3. The van der Waals surface area contributed by atoms with Crippen LogP contribution in [0.25, 0.3) is 0 Å². The second-order valence-corrected chi connectivity index (χ2v) is 4.53. The first-order chi connectivity index (χ1) is 8.10. The van der Waals surface area contributed by atoms with Gasteiger partial charge in [-0.05, 0) is 32.4 Å². The number of hydrazine groups is 1. The molecule has 0 aromatic carbocycles. The number of carbonyl (C=O) groups is 2. The molecule has 1 fully saturated rings. The summed E-state index contributed by atoms with van der Waals surface area (Å²) in [6.07, 6.45) is 3.17. The molecule has 2 amide bonds. The highest BCUT2D eigenvalue weighted by molar-refractivity contribution is 5.81. The smallest absolute Gasteiger partial charge is 0.251 e. The molecule has 98 valence electrons. The van der Waals surface area contributed by atoms with Gasteiger partial charge in [0.25, 0.3) is 5.91 Å². The molecule has 1 atom stereocenters. The van der Waals surface area contributed by atoms with Crippen molar-refractivity contribution in [3.05, 3.63) is 0 Å². The Kier molecular flexibility index (Phi) is 5.37. The SMILES string of the molecule is CCCC(C(=O)NN)N1CCC(C(N)=O)CC1. The quantitative estimate of drug-likeness (QED) is 0.338. The molecule has 1 aliphatic heterocycles. The fourth-order valence-electron chi connectivity index (χ4n) is 2.34. The molecular formula is C11H22N4O2. The molecule has 6 heteroatoms. The van der Waals surface area contributed by atoms with E-state index in [0.717, 1.165) is 38.8 Å². The van der Waals surface area contributed by atoms with Gasteiger partial charge in [0.15, 0.2) is 0 Å². The van der Waals surface area contributed by atoms with Gasteiger partial charge in [-0.15, -0.1) is 0 Å². The van der Waals surface area contributed by atoms with Gasteiger partial charge in [0.2, 0.25) is 5.91 Å². The number of likely N-dealkylation sites (tertiary alicyclic amines) is 1. The van der Waals surface area contributed by atoms with E-state index in [4.69, 9.17) is 11.6 Å². The average molecular weight is 242 g/mol. The van der Waals surface area contributed by atoms with Crippen molar-refractivity contribution in [3.8, 4) is 0 Å². The Hall–Kier alpha value is -1.14. The lowest BCUT2D eigenvalue weighted by Gasteiger charge is -2.35. The first kappa shape index (κ1) is 13.9. The molecule has 1 unspecified atom stereocenters. The summed E-state index contributed by atoms with van der Waals surface area (Å²) in [6.45, 7) is 3.49. The summed E-state index contributed by atoms with van der Waals surface area (Å²) in [6, 6.07) is -0.182. The highest BCUT2D eigenvalue weighted by Gasteiger charge is 2.30. The van der Waals surface area contributed by atoms with Crippen LogP contribution in [0.1, 0.15) is 32.6 Å². The number of hydrogen-bond donors (Lipinski definition) is 3. The molecule has 5 N–H and O–H groups in total. The summed E-state index contributed by atoms with van der Waals surface area (Å²) in [5.74, 6) is 4.75. The van der Waals surface area contributed by atoms with Crippen molar-refractivity contribution in [1.82, 2.24) is 10.3 Å². The highest BCUT2D eigenvalue weighted by atomic mass is 16.2. The van der Waals surface area contributed by atoms with Gasteiger partial charge in [-0.25, -0.2) is 5.84 Å². The van der Waals surface area contributed by atoms with E-state index in [9.17, 15) is 9.59 Å². The summed E-state index contributed by atoms with van der Waals surface area (Å²) in [5, 5.41) is 0. The van der Waals surface area contributed by atoms with Crippen LogP contribution in [-0.4, -0.2) is 35.8 Å². The minimum atomic E-state index is -0.236. The normalized spacial score (nSPS) is 19.9. The maximum Gasteiger partial charge on any atom is 0.251 e. The van der Waals surface area contributed by atoms with Gasteiger partial charge < -0.3 is 5.73 Å². The van der Waals surface area contributed by atoms with E-state index >= 15 is 0 Å². The van der Waals surface area contributed by atoms with E-state index in [1.807, 2.05) is 6.92 Å². The minimum Gasteiger partial charge on any atom is -0.369 e. The van der Waals surface area contributed by atoms with Crippen LogP contribution < -0.4 is 17.0 Å². The van der Waals surface area contributed by atoms with Crippen molar-refractivity contribution in [2.45, 2.75) is 38.6 Å². The molecule has 0 spiro atoms. The van der Waals surface area contributed by atoms with Gasteiger partial charge in [0.1, 0.15) is 0 Å². The van der Waals surface area contributed by atoms with Crippen LogP contribution in [0.2, 0.25) is 0 Å². The first-order valence-electron chi connectivity index (χ1n) is 6.14. The number of nitrogens with one attached hydrogen (secondary N) is 1. The zero-order valence-corrected chi connectivity index (χ0v) is 10.3. The van der Waals surface area contributed by atoms with Crippen LogP contribution in [0, 0.1) is 5.92 Å². The van der Waals surface area contributed by atoms with E-state index in [2.05, 4.69) is 10.3 Å². The van der Waals surface area contributed by atoms with E-state index in [-0.39, 0.29) is 23.8 Å². The van der Waals surface area contributed by atoms with Crippen molar-refractivity contribution < 1.29 is 9.59 Å². The van der Waals surface area contributed by atoms with Crippen LogP contribution in [0.15, 0.2) is 0 Å². The molecule has 0 aromatic heterocycles. The third kappa shape index (κ3) is 3.67. The van der Waals surface area contributed by atoms with Gasteiger partial charge in [-0.1, -0.05) is 13.3 Å². The van der Waals surface area contributed by atoms with Crippen molar-refractivity contribution >= 4 is 11.8 Å². The number of nitrogens with two attached hydrogens (primary N) is 2. The van der Waals surface area contributed by atoms with Crippen LogP contribution in [-0.2, 0) is 9.59 Å². The summed E-state index contributed by atoms with van der Waals surface area (Å²) in [4.78, 5) is 24.8. The van der Waals surface area contributed by atoms with Crippen LogP contribution >= 0.6 is 0 Å². The third-order valence-corrected chi connectivity index (χ3v) is 3.38. The monoisotopic (exact) mass is 242 g/mol. The topological polar surface area (TPSA) is 101 Å². The van der Waals surface area contributed by atoms with Crippen molar-refractivity contribution in [2.24, 2.45) is 17.5 Å². The molecule has 0 bridgehead atoms.